The Morgan fingerprint density at radius 1 is 1.11 bits per heavy atom. The number of carbonyl (C=O) groups excluding carboxylic acids is 2. The number of amides is 2. The first-order valence-corrected chi connectivity index (χ1v) is 14.7. The predicted molar refractivity (Wildman–Crippen MR) is 168 cm³/mol. The van der Waals surface area contributed by atoms with E-state index in [1.54, 1.807) is 24.1 Å². The van der Waals surface area contributed by atoms with E-state index < -0.39 is 6.36 Å². The molecular weight excluding hydrogens is 609 g/mol. The normalized spacial score (nSPS) is 13.9. The molecule has 45 heavy (non-hydrogen) atoms. The minimum Gasteiger partial charge on any atom is -0.406 e. The smallest absolute Gasteiger partial charge is 0.406 e. The molecule has 1 fully saturated rings. The van der Waals surface area contributed by atoms with E-state index in [0.29, 0.717) is 41.1 Å². The van der Waals surface area contributed by atoms with Crippen molar-refractivity contribution in [3.63, 3.8) is 0 Å². The molecule has 2 N–H and O–H groups in total. The molecule has 0 bridgehead atoms. The number of benzene rings is 2. The molecule has 1 aliphatic rings. The summed E-state index contributed by atoms with van der Waals surface area (Å²) in [5, 5.41) is 10.5. The van der Waals surface area contributed by atoms with Crippen molar-refractivity contribution in [3.8, 4) is 11.4 Å². The van der Waals surface area contributed by atoms with Crippen molar-refractivity contribution >= 4 is 46.4 Å². The van der Waals surface area contributed by atoms with Gasteiger partial charge in [-0.05, 0) is 66.4 Å². The zero-order chi connectivity index (χ0) is 32.6. The zero-order valence-corrected chi connectivity index (χ0v) is 25.7. The first-order chi connectivity index (χ1) is 21.5. The number of aromatic nitrogens is 4. The van der Waals surface area contributed by atoms with Crippen LogP contribution in [0.4, 0.5) is 30.4 Å². The summed E-state index contributed by atoms with van der Waals surface area (Å²) in [6.45, 7) is 6.62. The summed E-state index contributed by atoms with van der Waals surface area (Å²) >= 11 is 1.51. The summed E-state index contributed by atoms with van der Waals surface area (Å²) < 4.78 is 41.8. The van der Waals surface area contributed by atoms with Crippen LogP contribution in [-0.4, -0.2) is 56.4 Å². The van der Waals surface area contributed by atoms with Crippen LogP contribution in [0.3, 0.4) is 0 Å². The van der Waals surface area contributed by atoms with E-state index in [2.05, 4.69) is 67.5 Å². The fourth-order valence-corrected chi connectivity index (χ4v) is 5.06. The summed E-state index contributed by atoms with van der Waals surface area (Å²) in [5.74, 6) is 1.70. The average molecular weight is 641 g/mol. The van der Waals surface area contributed by atoms with Crippen molar-refractivity contribution in [1.29, 1.82) is 0 Å². The highest BCUT2D eigenvalue weighted by molar-refractivity contribution is 8.15. The third kappa shape index (κ3) is 9.04. The number of thioether (sulfide) groups is 1. The van der Waals surface area contributed by atoms with Gasteiger partial charge in [0.15, 0.2) is 11.0 Å². The number of halogens is 3. The maximum Gasteiger partial charge on any atom is 0.573 e. The maximum absolute atomic E-state index is 12.2. The SMILES string of the molecule is CN=C1SCC(=O)N1c1cc(C)ccc1C(C)C.O=CNc1ccc(NCc2ncn(-c3ccc(OC(F)(F)F)cc3)n2)nc1. The Bertz CT molecular complexity index is 1640. The quantitative estimate of drug-likeness (QED) is 0.216. The number of nitrogens with zero attached hydrogens (tertiary/aromatic N) is 6. The van der Waals surface area contributed by atoms with Crippen LogP contribution in [0.15, 0.2) is 72.1 Å². The number of nitrogens with one attached hydrogen (secondary N) is 2. The Kier molecular flexibility index (Phi) is 10.8. The van der Waals surface area contributed by atoms with Crippen molar-refractivity contribution in [1.82, 2.24) is 19.7 Å². The van der Waals surface area contributed by atoms with Crippen LogP contribution in [0.25, 0.3) is 5.69 Å². The monoisotopic (exact) mass is 640 g/mol. The number of anilines is 3. The van der Waals surface area contributed by atoms with Crippen molar-refractivity contribution in [3.05, 3.63) is 84.1 Å². The van der Waals surface area contributed by atoms with Gasteiger partial charge in [-0.3, -0.25) is 19.5 Å². The van der Waals surface area contributed by atoms with E-state index in [0.717, 1.165) is 16.4 Å². The van der Waals surface area contributed by atoms with E-state index in [4.69, 9.17) is 0 Å². The number of amidine groups is 1. The van der Waals surface area contributed by atoms with Gasteiger partial charge in [-0.15, -0.1) is 18.3 Å². The highest BCUT2D eigenvalue weighted by atomic mass is 32.2. The molecule has 5 rings (SSSR count). The van der Waals surface area contributed by atoms with Gasteiger partial charge in [-0.1, -0.05) is 37.7 Å². The number of pyridine rings is 1. The van der Waals surface area contributed by atoms with Gasteiger partial charge in [-0.25, -0.2) is 14.6 Å². The van der Waals surface area contributed by atoms with Crippen molar-refractivity contribution in [2.45, 2.75) is 39.6 Å². The molecule has 1 saturated heterocycles. The molecule has 3 heterocycles. The zero-order valence-electron chi connectivity index (χ0n) is 24.9. The molecule has 11 nitrogen and oxygen atoms in total. The van der Waals surface area contributed by atoms with Crippen LogP contribution in [0.5, 0.6) is 5.75 Å². The Balaban J connectivity index is 0.000000222. The average Bonchev–Trinajstić information content (AvgIpc) is 3.63. The van der Waals surface area contributed by atoms with Gasteiger partial charge in [0.2, 0.25) is 12.3 Å². The number of hydrogen-bond acceptors (Lipinski definition) is 9. The van der Waals surface area contributed by atoms with Crippen LogP contribution >= 0.6 is 11.8 Å². The van der Waals surface area contributed by atoms with E-state index in [1.807, 2.05) is 6.92 Å². The van der Waals surface area contributed by atoms with Crippen LogP contribution in [0.1, 0.15) is 36.7 Å². The molecule has 2 amide bonds. The Hall–Kier alpha value is -4.92. The van der Waals surface area contributed by atoms with Gasteiger partial charge in [0.1, 0.15) is 17.9 Å². The lowest BCUT2D eigenvalue weighted by atomic mass is 9.99. The van der Waals surface area contributed by atoms with E-state index in [1.165, 1.54) is 58.8 Å². The van der Waals surface area contributed by atoms with Crippen LogP contribution in [0, 0.1) is 6.92 Å². The largest absolute Gasteiger partial charge is 0.573 e. The van der Waals surface area contributed by atoms with Gasteiger partial charge in [0, 0.05) is 7.05 Å². The summed E-state index contributed by atoms with van der Waals surface area (Å²) in [6, 6.07) is 14.9. The molecule has 0 saturated carbocycles. The Labute approximate surface area is 261 Å². The van der Waals surface area contributed by atoms with Crippen LogP contribution < -0.4 is 20.3 Å². The van der Waals surface area contributed by atoms with E-state index >= 15 is 0 Å². The van der Waals surface area contributed by atoms with Gasteiger partial charge in [-0.2, -0.15) is 0 Å². The molecule has 2 aromatic heterocycles. The highest BCUT2D eigenvalue weighted by Gasteiger charge is 2.32. The molecule has 0 spiro atoms. The van der Waals surface area contributed by atoms with Crippen LogP contribution in [-0.2, 0) is 16.1 Å². The molecule has 0 radical (unpaired) electrons. The van der Waals surface area contributed by atoms with E-state index in [9.17, 15) is 22.8 Å². The third-order valence-electron chi connectivity index (χ3n) is 6.30. The van der Waals surface area contributed by atoms with Crippen molar-refractivity contribution < 1.29 is 27.5 Å². The standard InChI is InChI=1S/C16H13F3N6O2.C14H18N2OS/c17-16(18,19)27-13-4-2-12(3-5-13)25-9-22-15(24-25)8-21-14-6-1-11(7-20-14)23-10-26;1-9(2)11-6-5-10(3)7-12(11)16-13(17)8-18-14(16)15-4/h1-7,9-10H,8H2,(H,20,21)(H,23,26);5-7,9H,8H2,1-4H3. The fraction of sp³-hybridized carbons (Fsp3) is 0.267. The van der Waals surface area contributed by atoms with Gasteiger partial charge in [0.05, 0.1) is 35.6 Å². The molecular formula is C30H31F3N8O3S. The lowest BCUT2D eigenvalue weighted by Gasteiger charge is -2.22. The predicted octanol–water partition coefficient (Wildman–Crippen LogP) is 5.93. The molecule has 2 aromatic carbocycles. The molecule has 0 atom stereocenters. The molecule has 4 aromatic rings. The Morgan fingerprint density at radius 3 is 2.49 bits per heavy atom. The summed E-state index contributed by atoms with van der Waals surface area (Å²) in [7, 11) is 1.73. The number of aryl methyl sites for hydroxylation is 1. The molecule has 236 valence electrons. The molecule has 0 aliphatic carbocycles. The third-order valence-corrected chi connectivity index (χ3v) is 7.31. The summed E-state index contributed by atoms with van der Waals surface area (Å²) in [4.78, 5) is 36.6. The molecule has 0 unspecified atom stereocenters. The van der Waals surface area contributed by atoms with Gasteiger partial charge >= 0.3 is 6.36 Å². The minimum absolute atomic E-state index is 0.119. The minimum atomic E-state index is -4.73. The van der Waals surface area contributed by atoms with Crippen molar-refractivity contribution in [2.24, 2.45) is 4.99 Å². The first-order valence-electron chi connectivity index (χ1n) is 13.7. The lowest BCUT2D eigenvalue weighted by Crippen LogP contribution is -2.30. The number of aliphatic imine (C=N–C) groups is 1. The summed E-state index contributed by atoms with van der Waals surface area (Å²) in [5.41, 5.74) is 4.44. The number of alkyl halides is 3. The fourth-order valence-electron chi connectivity index (χ4n) is 4.22. The Morgan fingerprint density at radius 2 is 1.87 bits per heavy atom. The second-order valence-electron chi connectivity index (χ2n) is 9.94. The number of rotatable bonds is 9. The molecule has 1 aliphatic heterocycles. The highest BCUT2D eigenvalue weighted by Crippen LogP contribution is 2.34. The summed E-state index contributed by atoms with van der Waals surface area (Å²) in [6.07, 6.45) is -1.24. The number of ether oxygens (including phenoxy) is 1. The topological polar surface area (TPSA) is 127 Å². The van der Waals surface area contributed by atoms with Crippen molar-refractivity contribution in [2.75, 3.05) is 28.3 Å². The lowest BCUT2D eigenvalue weighted by molar-refractivity contribution is -0.274. The first kappa shape index (κ1) is 33.0. The number of carbonyl (C=O) groups is 2. The molecule has 15 heteroatoms. The van der Waals surface area contributed by atoms with Gasteiger partial charge in [0.25, 0.3) is 0 Å². The van der Waals surface area contributed by atoms with Crippen LogP contribution in [0.2, 0.25) is 0 Å². The second-order valence-corrected chi connectivity index (χ2v) is 10.9. The second kappa shape index (κ2) is 14.7. The maximum atomic E-state index is 12.2. The van der Waals surface area contributed by atoms with E-state index in [-0.39, 0.29) is 18.2 Å². The van der Waals surface area contributed by atoms with Gasteiger partial charge < -0.3 is 15.4 Å². The number of hydrogen-bond donors (Lipinski definition) is 2.